The predicted octanol–water partition coefficient (Wildman–Crippen LogP) is -1.60. The molecule has 0 saturated carbocycles. The molecule has 8 N–H and O–H groups in total. The van der Waals surface area contributed by atoms with Crippen LogP contribution in [0.4, 0.5) is 0 Å². The van der Waals surface area contributed by atoms with Crippen molar-refractivity contribution in [2.45, 2.75) is 107 Å². The Hall–Kier alpha value is -4.41. The average molecular weight is 799 g/mol. The summed E-state index contributed by atoms with van der Waals surface area (Å²) in [6.45, 7) is 2.09. The van der Waals surface area contributed by atoms with Gasteiger partial charge in [0.05, 0.1) is 66.9 Å². The number of fused-ring (bicyclic) bond motifs is 5. The normalized spacial score (nSPS) is 31.9. The van der Waals surface area contributed by atoms with Gasteiger partial charge >= 0.3 is 11.9 Å². The number of nitrogens with zero attached hydrogens (tertiary/aromatic N) is 2. The summed E-state index contributed by atoms with van der Waals surface area (Å²) in [5.74, 6) is -2.71. The summed E-state index contributed by atoms with van der Waals surface area (Å²) in [5, 5.41) is 56.2. The SMILES string of the molecule is CC[C@@]1(O)C(=O)OCc2c1cc1n(c2=O)Cc2cc3cc(OC(=O)CCC(=O)NC4C(OC5C(CO)OC(OC)C(N)C5O)OC(CO)C(C)C4O)ccc3nc2-1. The number of nitrogens with one attached hydrogen (secondary N) is 1. The smallest absolute Gasteiger partial charge is 0.343 e. The molecule has 1 aromatic carbocycles. The van der Waals surface area contributed by atoms with Gasteiger partial charge in [0.2, 0.25) is 5.91 Å². The van der Waals surface area contributed by atoms with E-state index in [1.165, 1.54) is 17.7 Å². The number of methoxy groups -OCH3 is 1. The van der Waals surface area contributed by atoms with Crippen molar-refractivity contribution in [2.24, 2.45) is 11.7 Å². The molecule has 2 aromatic heterocycles. The second-order valence-corrected chi connectivity index (χ2v) is 14.7. The van der Waals surface area contributed by atoms with Gasteiger partial charge in [0.1, 0.15) is 36.7 Å². The largest absolute Gasteiger partial charge is 0.458 e. The fourth-order valence-corrected chi connectivity index (χ4v) is 7.87. The Labute approximate surface area is 325 Å². The van der Waals surface area contributed by atoms with Crippen LogP contribution < -0.4 is 21.3 Å². The number of hydrogen-bond donors (Lipinski definition) is 7. The average Bonchev–Trinajstić information content (AvgIpc) is 3.56. The predicted molar refractivity (Wildman–Crippen MR) is 194 cm³/mol. The number of rotatable bonds is 11. The maximum absolute atomic E-state index is 13.5. The Bertz CT molecular complexity index is 2110. The molecule has 4 aliphatic heterocycles. The minimum absolute atomic E-state index is 0.0199. The Kier molecular flexibility index (Phi) is 11.5. The number of ether oxygens (including phenoxy) is 6. The number of esters is 2. The first kappa shape index (κ1) is 40.8. The lowest BCUT2D eigenvalue weighted by atomic mass is 9.86. The molecule has 11 atom stereocenters. The third kappa shape index (κ3) is 7.33. The lowest BCUT2D eigenvalue weighted by Crippen LogP contribution is -2.67. The zero-order chi connectivity index (χ0) is 40.9. The van der Waals surface area contributed by atoms with Crippen LogP contribution in [-0.2, 0) is 56.8 Å². The van der Waals surface area contributed by atoms with Crippen molar-refractivity contribution in [1.29, 1.82) is 0 Å². The maximum Gasteiger partial charge on any atom is 0.343 e. The Morgan fingerprint density at radius 2 is 1.79 bits per heavy atom. The molecular formula is C38H46N4O15. The molecule has 0 spiro atoms. The van der Waals surface area contributed by atoms with Crippen LogP contribution in [0.25, 0.3) is 22.3 Å². The highest BCUT2D eigenvalue weighted by Gasteiger charge is 2.50. The van der Waals surface area contributed by atoms with Crippen LogP contribution in [0.1, 0.15) is 49.8 Å². The molecule has 308 valence electrons. The van der Waals surface area contributed by atoms with Gasteiger partial charge in [0, 0.05) is 36.0 Å². The number of nitrogens with two attached hydrogens (primary N) is 1. The lowest BCUT2D eigenvalue weighted by molar-refractivity contribution is -0.323. The zero-order valence-electron chi connectivity index (χ0n) is 31.4. The summed E-state index contributed by atoms with van der Waals surface area (Å²) in [7, 11) is 1.32. The summed E-state index contributed by atoms with van der Waals surface area (Å²) in [5.41, 5.74) is 6.33. The van der Waals surface area contributed by atoms with Crippen molar-refractivity contribution in [1.82, 2.24) is 14.9 Å². The first-order valence-corrected chi connectivity index (χ1v) is 18.7. The van der Waals surface area contributed by atoms with Crippen molar-refractivity contribution < 1.29 is 68.3 Å². The number of carbonyl (C=O) groups is 3. The second-order valence-electron chi connectivity index (χ2n) is 14.7. The van der Waals surface area contributed by atoms with E-state index in [-0.39, 0.29) is 49.3 Å². The summed E-state index contributed by atoms with van der Waals surface area (Å²) in [6.07, 6.45) is -9.19. The fourth-order valence-electron chi connectivity index (χ4n) is 7.87. The molecule has 57 heavy (non-hydrogen) atoms. The van der Waals surface area contributed by atoms with Gasteiger partial charge in [0.15, 0.2) is 18.2 Å². The number of aromatic nitrogens is 2. The number of benzene rings is 1. The molecular weight excluding hydrogens is 752 g/mol. The van der Waals surface area contributed by atoms with Crippen LogP contribution in [0, 0.1) is 5.92 Å². The molecule has 0 radical (unpaired) electrons. The Balaban J connectivity index is 1.01. The molecule has 2 fully saturated rings. The highest BCUT2D eigenvalue weighted by Crippen LogP contribution is 2.39. The highest BCUT2D eigenvalue weighted by atomic mass is 16.7. The van der Waals surface area contributed by atoms with Crippen LogP contribution in [0.3, 0.4) is 0 Å². The van der Waals surface area contributed by atoms with E-state index in [9.17, 15) is 44.7 Å². The standard InChI is InChI=1S/C38H46N4O15/c1-4-38(51)21-11-23-29-18(12-42(23)34(49)20(21)15-53-37(38)50)9-17-10-19(5-6-22(17)40-29)54-27(46)8-7-26(45)41-30-31(47)16(2)24(13-43)55-36(30)57-33-25(14-44)56-35(52-3)28(39)32(33)48/h5-6,9-11,16,24-25,28,30-33,35-36,43-44,47-48,51H,4,7-8,12-15,39H2,1-3H3,(H,41,45)/t16?,24?,25?,28?,30?,31?,32?,33?,35?,36?,38-/m0/s1. The molecule has 0 bridgehead atoms. The quantitative estimate of drug-likeness (QED) is 0.0665. The van der Waals surface area contributed by atoms with Gasteiger partial charge in [-0.2, -0.15) is 0 Å². The molecule has 3 aromatic rings. The molecule has 19 nitrogen and oxygen atoms in total. The van der Waals surface area contributed by atoms with E-state index >= 15 is 0 Å². The minimum atomic E-state index is -1.95. The van der Waals surface area contributed by atoms with Crippen LogP contribution in [-0.4, -0.2) is 128 Å². The molecule has 10 unspecified atom stereocenters. The summed E-state index contributed by atoms with van der Waals surface area (Å²) < 4.78 is 34.8. The number of carbonyl (C=O) groups excluding carboxylic acids is 3. The third-order valence-corrected chi connectivity index (χ3v) is 11.3. The van der Waals surface area contributed by atoms with Gasteiger partial charge in [-0.05, 0) is 36.8 Å². The maximum atomic E-state index is 13.5. The first-order chi connectivity index (χ1) is 27.2. The van der Waals surface area contributed by atoms with Gasteiger partial charge in [-0.1, -0.05) is 13.8 Å². The van der Waals surface area contributed by atoms with E-state index in [0.29, 0.717) is 27.9 Å². The minimum Gasteiger partial charge on any atom is -0.458 e. The molecule has 7 rings (SSSR count). The van der Waals surface area contributed by atoms with Crippen molar-refractivity contribution in [3.8, 4) is 17.1 Å². The first-order valence-electron chi connectivity index (χ1n) is 18.7. The van der Waals surface area contributed by atoms with Crippen LogP contribution in [0.15, 0.2) is 35.1 Å². The summed E-state index contributed by atoms with van der Waals surface area (Å²) >= 11 is 0. The van der Waals surface area contributed by atoms with Crippen molar-refractivity contribution in [2.75, 3.05) is 20.3 Å². The van der Waals surface area contributed by atoms with Crippen LogP contribution in [0.5, 0.6) is 5.75 Å². The molecule has 6 heterocycles. The molecule has 1 amide bonds. The van der Waals surface area contributed by atoms with E-state index in [1.807, 2.05) is 6.07 Å². The monoisotopic (exact) mass is 798 g/mol. The molecule has 2 saturated heterocycles. The third-order valence-electron chi connectivity index (χ3n) is 11.3. The summed E-state index contributed by atoms with van der Waals surface area (Å²) in [4.78, 5) is 56.8. The lowest BCUT2D eigenvalue weighted by Gasteiger charge is -2.47. The van der Waals surface area contributed by atoms with Crippen molar-refractivity contribution in [3.05, 3.63) is 57.4 Å². The van der Waals surface area contributed by atoms with Crippen molar-refractivity contribution >= 4 is 28.7 Å². The topological polar surface area (TPSA) is 281 Å². The van der Waals surface area contributed by atoms with E-state index in [4.69, 9.17) is 39.1 Å². The molecule has 19 heteroatoms. The molecule has 0 aliphatic carbocycles. The number of aliphatic hydroxyl groups is 5. The molecule has 4 aliphatic rings. The van der Waals surface area contributed by atoms with Gasteiger partial charge in [0.25, 0.3) is 5.56 Å². The van der Waals surface area contributed by atoms with E-state index in [0.717, 1.165) is 0 Å². The number of hydrogen-bond acceptors (Lipinski definition) is 17. The zero-order valence-corrected chi connectivity index (χ0v) is 31.4. The van der Waals surface area contributed by atoms with Gasteiger partial charge in [-0.3, -0.25) is 14.4 Å². The number of amides is 1. The number of cyclic esters (lactones) is 1. The van der Waals surface area contributed by atoms with Crippen molar-refractivity contribution in [3.63, 3.8) is 0 Å². The van der Waals surface area contributed by atoms with Gasteiger partial charge in [-0.25, -0.2) is 9.78 Å². The van der Waals surface area contributed by atoms with Gasteiger partial charge < -0.3 is 69.6 Å². The van der Waals surface area contributed by atoms with Gasteiger partial charge in [-0.15, -0.1) is 0 Å². The van der Waals surface area contributed by atoms with E-state index in [1.54, 1.807) is 32.0 Å². The summed E-state index contributed by atoms with van der Waals surface area (Å²) in [6, 6.07) is 5.88. The van der Waals surface area contributed by atoms with Crippen LogP contribution >= 0.6 is 0 Å². The van der Waals surface area contributed by atoms with E-state index in [2.05, 4.69) is 5.32 Å². The van der Waals surface area contributed by atoms with E-state index < -0.39 is 103 Å². The Morgan fingerprint density at radius 3 is 2.49 bits per heavy atom. The second kappa shape index (κ2) is 16.1. The number of aliphatic hydroxyl groups excluding tert-OH is 4. The fraction of sp³-hybridized carbons (Fsp3) is 0.553. The van der Waals surface area contributed by atoms with Crippen LogP contribution in [0.2, 0.25) is 0 Å². The number of pyridine rings is 2. The Morgan fingerprint density at radius 1 is 1.05 bits per heavy atom. The highest BCUT2D eigenvalue weighted by molar-refractivity contribution is 5.88.